The summed E-state index contributed by atoms with van der Waals surface area (Å²) in [6, 6.07) is 7.18. The summed E-state index contributed by atoms with van der Waals surface area (Å²) in [5.74, 6) is 0.458. The summed E-state index contributed by atoms with van der Waals surface area (Å²) < 4.78 is 24.1. The minimum Gasteiger partial charge on any atom is -0.398 e. The van der Waals surface area contributed by atoms with Gasteiger partial charge in [-0.1, -0.05) is 12.1 Å². The van der Waals surface area contributed by atoms with Crippen molar-refractivity contribution in [3.8, 4) is 11.4 Å². The molecule has 0 aliphatic carbocycles. The molecule has 20 heavy (non-hydrogen) atoms. The number of nitrogens with two attached hydrogens (primary N) is 1. The zero-order valence-electron chi connectivity index (χ0n) is 11.6. The van der Waals surface area contributed by atoms with E-state index in [0.717, 1.165) is 0 Å². The Bertz CT molecular complexity index is 721. The van der Waals surface area contributed by atoms with Crippen molar-refractivity contribution in [1.82, 2.24) is 20.2 Å². The van der Waals surface area contributed by atoms with Crippen LogP contribution < -0.4 is 5.73 Å². The van der Waals surface area contributed by atoms with Crippen LogP contribution >= 0.6 is 0 Å². The summed E-state index contributed by atoms with van der Waals surface area (Å²) in [7, 11) is -3.24. The number of aromatic nitrogens is 4. The predicted octanol–water partition coefficient (Wildman–Crippen LogP) is 0.746. The van der Waals surface area contributed by atoms with E-state index in [1.807, 2.05) is 12.1 Å². The molecule has 0 saturated heterocycles. The van der Waals surface area contributed by atoms with Gasteiger partial charge in [0.05, 0.1) is 11.3 Å². The second kappa shape index (κ2) is 4.86. The summed E-state index contributed by atoms with van der Waals surface area (Å²) in [4.78, 5) is 0. The normalized spacial score (nSPS) is 12.6. The third-order valence-corrected chi connectivity index (χ3v) is 5.40. The summed E-state index contributed by atoms with van der Waals surface area (Å²) in [5.41, 5.74) is 7.13. The lowest BCUT2D eigenvalue weighted by Gasteiger charge is -2.22. The van der Waals surface area contributed by atoms with E-state index in [1.54, 1.807) is 26.0 Å². The maximum Gasteiger partial charge on any atom is 0.184 e. The van der Waals surface area contributed by atoms with Crippen LogP contribution in [0, 0.1) is 0 Å². The SMILES string of the molecule is CC(C)(Cn1nnnc1-c1ccccc1N)S(C)(=O)=O. The lowest BCUT2D eigenvalue weighted by atomic mass is 10.1. The average molecular weight is 295 g/mol. The number of nitrogen functional groups attached to an aromatic ring is 1. The van der Waals surface area contributed by atoms with Crippen molar-refractivity contribution in [2.45, 2.75) is 25.1 Å². The highest BCUT2D eigenvalue weighted by molar-refractivity contribution is 7.92. The van der Waals surface area contributed by atoms with Gasteiger partial charge in [0.25, 0.3) is 0 Å². The number of benzene rings is 1. The fourth-order valence-corrected chi connectivity index (χ4v) is 2.04. The summed E-state index contributed by atoms with van der Waals surface area (Å²) in [6.07, 6.45) is 1.20. The molecule has 2 aromatic rings. The van der Waals surface area contributed by atoms with Crippen LogP contribution in [0.1, 0.15) is 13.8 Å². The van der Waals surface area contributed by atoms with Crippen LogP contribution in [-0.4, -0.2) is 39.6 Å². The topological polar surface area (TPSA) is 104 Å². The predicted molar refractivity (Wildman–Crippen MR) is 76.6 cm³/mol. The summed E-state index contributed by atoms with van der Waals surface area (Å²) in [6.45, 7) is 3.44. The summed E-state index contributed by atoms with van der Waals surface area (Å²) >= 11 is 0. The average Bonchev–Trinajstić information content (AvgIpc) is 2.75. The van der Waals surface area contributed by atoms with Crippen molar-refractivity contribution in [2.75, 3.05) is 12.0 Å². The van der Waals surface area contributed by atoms with E-state index in [-0.39, 0.29) is 6.54 Å². The number of tetrazole rings is 1. The molecule has 0 amide bonds. The Morgan fingerprint density at radius 2 is 1.95 bits per heavy atom. The van der Waals surface area contributed by atoms with Crippen LogP contribution in [-0.2, 0) is 16.4 Å². The maximum atomic E-state index is 11.8. The van der Waals surface area contributed by atoms with Crippen LogP contribution in [0.15, 0.2) is 24.3 Å². The molecule has 0 spiro atoms. The van der Waals surface area contributed by atoms with Crippen molar-refractivity contribution >= 4 is 15.5 Å². The fraction of sp³-hybridized carbons (Fsp3) is 0.417. The zero-order valence-corrected chi connectivity index (χ0v) is 12.4. The number of para-hydroxylation sites is 1. The molecule has 0 saturated carbocycles. The molecule has 1 heterocycles. The lowest BCUT2D eigenvalue weighted by Crippen LogP contribution is -2.36. The molecular weight excluding hydrogens is 278 g/mol. The van der Waals surface area contributed by atoms with Gasteiger partial charge in [0, 0.05) is 17.5 Å². The quantitative estimate of drug-likeness (QED) is 0.834. The number of hydrogen-bond donors (Lipinski definition) is 1. The molecule has 0 radical (unpaired) electrons. The van der Waals surface area contributed by atoms with Gasteiger partial charge < -0.3 is 5.73 Å². The Morgan fingerprint density at radius 3 is 2.55 bits per heavy atom. The molecule has 2 N–H and O–H groups in total. The third-order valence-electron chi connectivity index (χ3n) is 3.27. The van der Waals surface area contributed by atoms with Gasteiger partial charge >= 0.3 is 0 Å². The molecule has 0 unspecified atom stereocenters. The highest BCUT2D eigenvalue weighted by Gasteiger charge is 2.32. The molecule has 1 aromatic carbocycles. The van der Waals surface area contributed by atoms with E-state index in [0.29, 0.717) is 17.1 Å². The van der Waals surface area contributed by atoms with Crippen molar-refractivity contribution in [3.63, 3.8) is 0 Å². The van der Waals surface area contributed by atoms with Crippen molar-refractivity contribution in [3.05, 3.63) is 24.3 Å². The molecule has 108 valence electrons. The highest BCUT2D eigenvalue weighted by Crippen LogP contribution is 2.25. The molecule has 0 aliphatic heterocycles. The van der Waals surface area contributed by atoms with E-state index in [2.05, 4.69) is 15.5 Å². The number of sulfone groups is 1. The monoisotopic (exact) mass is 295 g/mol. The first-order valence-electron chi connectivity index (χ1n) is 6.03. The molecule has 0 fully saturated rings. The highest BCUT2D eigenvalue weighted by atomic mass is 32.2. The Balaban J connectivity index is 2.43. The Morgan fingerprint density at radius 1 is 1.30 bits per heavy atom. The maximum absolute atomic E-state index is 11.8. The Hall–Kier alpha value is -1.96. The minimum atomic E-state index is -3.24. The smallest absolute Gasteiger partial charge is 0.184 e. The van der Waals surface area contributed by atoms with Crippen molar-refractivity contribution in [2.24, 2.45) is 0 Å². The molecule has 0 atom stereocenters. The van der Waals surface area contributed by atoms with E-state index in [9.17, 15) is 8.42 Å². The molecule has 1 aromatic heterocycles. The van der Waals surface area contributed by atoms with Gasteiger partial charge in [-0.2, -0.15) is 0 Å². The van der Waals surface area contributed by atoms with Crippen LogP contribution in [0.5, 0.6) is 0 Å². The Kier molecular flexibility index (Phi) is 3.51. The number of rotatable bonds is 4. The third kappa shape index (κ3) is 2.64. The van der Waals surface area contributed by atoms with Gasteiger partial charge in [-0.15, -0.1) is 5.10 Å². The molecule has 0 aliphatic rings. The second-order valence-electron chi connectivity index (χ2n) is 5.28. The molecule has 0 bridgehead atoms. The van der Waals surface area contributed by atoms with Crippen molar-refractivity contribution < 1.29 is 8.42 Å². The van der Waals surface area contributed by atoms with Crippen LogP contribution in [0.4, 0.5) is 5.69 Å². The minimum absolute atomic E-state index is 0.155. The van der Waals surface area contributed by atoms with Crippen LogP contribution in [0.3, 0.4) is 0 Å². The first kappa shape index (κ1) is 14.4. The fourth-order valence-electron chi connectivity index (χ4n) is 1.68. The lowest BCUT2D eigenvalue weighted by molar-refractivity contribution is 0.472. The number of anilines is 1. The summed E-state index contributed by atoms with van der Waals surface area (Å²) in [5, 5.41) is 11.4. The molecule has 8 heteroatoms. The van der Waals surface area contributed by atoms with Gasteiger partial charge in [0.1, 0.15) is 0 Å². The number of hydrogen-bond acceptors (Lipinski definition) is 6. The second-order valence-corrected chi connectivity index (χ2v) is 7.93. The molecule has 7 nitrogen and oxygen atoms in total. The van der Waals surface area contributed by atoms with E-state index in [4.69, 9.17) is 5.73 Å². The first-order valence-corrected chi connectivity index (χ1v) is 7.92. The van der Waals surface area contributed by atoms with Gasteiger partial charge in [0.15, 0.2) is 15.7 Å². The van der Waals surface area contributed by atoms with E-state index >= 15 is 0 Å². The van der Waals surface area contributed by atoms with Gasteiger partial charge in [-0.25, -0.2) is 13.1 Å². The largest absolute Gasteiger partial charge is 0.398 e. The molecule has 2 rings (SSSR count). The van der Waals surface area contributed by atoms with Gasteiger partial charge in [-0.3, -0.25) is 0 Å². The Labute approximate surface area is 117 Å². The van der Waals surface area contributed by atoms with E-state index in [1.165, 1.54) is 10.9 Å². The zero-order chi connectivity index (χ0) is 15.0. The van der Waals surface area contributed by atoms with Crippen molar-refractivity contribution in [1.29, 1.82) is 0 Å². The van der Waals surface area contributed by atoms with Crippen LogP contribution in [0.2, 0.25) is 0 Å². The van der Waals surface area contributed by atoms with E-state index < -0.39 is 14.6 Å². The number of nitrogens with zero attached hydrogens (tertiary/aromatic N) is 4. The van der Waals surface area contributed by atoms with Gasteiger partial charge in [0.2, 0.25) is 0 Å². The van der Waals surface area contributed by atoms with Crippen LogP contribution in [0.25, 0.3) is 11.4 Å². The first-order chi connectivity index (χ1) is 9.22. The molecular formula is C12H17N5O2S. The standard InChI is InChI=1S/C12H17N5O2S/c1-12(2,20(3,18)19)8-17-11(14-15-16-17)9-6-4-5-7-10(9)13/h4-7H,8,13H2,1-3H3. The van der Waals surface area contributed by atoms with Gasteiger partial charge in [-0.05, 0) is 36.4 Å².